The number of rotatable bonds is 9. The molecule has 2 aromatic heterocycles. The number of nitrogens with two attached hydrogens (primary N) is 1. The van der Waals surface area contributed by atoms with Crippen molar-refractivity contribution in [1.82, 2.24) is 25.6 Å². The van der Waals surface area contributed by atoms with Gasteiger partial charge in [-0.3, -0.25) is 14.9 Å². The molecule has 2 aromatic carbocycles. The van der Waals surface area contributed by atoms with Crippen LogP contribution in [-0.2, 0) is 11.3 Å². The lowest BCUT2D eigenvalue weighted by Crippen LogP contribution is -2.38. The van der Waals surface area contributed by atoms with Gasteiger partial charge in [0.15, 0.2) is 0 Å². The minimum Gasteiger partial charge on any atom is -0.457 e. The quantitative estimate of drug-likeness (QED) is 0.221. The van der Waals surface area contributed by atoms with Crippen molar-refractivity contribution in [3.8, 4) is 22.8 Å². The van der Waals surface area contributed by atoms with Crippen molar-refractivity contribution in [3.05, 3.63) is 95.2 Å². The highest BCUT2D eigenvalue weighted by Gasteiger charge is 2.26. The highest BCUT2D eigenvalue weighted by atomic mass is 32.2. The number of thioether (sulfide) groups is 1. The SMILES string of the molecule is Nc1ccc(CNCC2CCN(c3nccc(/C=C4/SC(=O)NC4=O)n3)CC2)c(-c2ccc(Oc3ccccc3)cc2)n1. The van der Waals surface area contributed by atoms with Gasteiger partial charge in [0.2, 0.25) is 5.95 Å². The van der Waals surface area contributed by atoms with Gasteiger partial charge in [-0.25, -0.2) is 15.0 Å². The number of hydrogen-bond donors (Lipinski definition) is 3. The van der Waals surface area contributed by atoms with Crippen LogP contribution in [0.1, 0.15) is 24.1 Å². The molecule has 0 saturated carbocycles. The molecule has 0 bridgehead atoms. The van der Waals surface area contributed by atoms with Crippen LogP contribution in [0.5, 0.6) is 11.5 Å². The van der Waals surface area contributed by atoms with Crippen molar-refractivity contribution in [2.45, 2.75) is 19.4 Å². The maximum absolute atomic E-state index is 11.9. The van der Waals surface area contributed by atoms with Crippen molar-refractivity contribution in [2.24, 2.45) is 5.92 Å². The minimum atomic E-state index is -0.392. The summed E-state index contributed by atoms with van der Waals surface area (Å²) < 4.78 is 5.93. The van der Waals surface area contributed by atoms with E-state index in [2.05, 4.69) is 30.5 Å². The lowest BCUT2D eigenvalue weighted by Gasteiger charge is -2.32. The van der Waals surface area contributed by atoms with Gasteiger partial charge in [-0.15, -0.1) is 0 Å². The molecule has 2 amide bonds. The van der Waals surface area contributed by atoms with E-state index in [1.165, 1.54) is 0 Å². The van der Waals surface area contributed by atoms with E-state index in [9.17, 15) is 9.59 Å². The van der Waals surface area contributed by atoms with Gasteiger partial charge in [-0.2, -0.15) is 0 Å². The Hall–Kier alpha value is -4.74. The van der Waals surface area contributed by atoms with E-state index in [0.717, 1.165) is 72.6 Å². The predicted octanol–water partition coefficient (Wildman–Crippen LogP) is 5.24. The van der Waals surface area contributed by atoms with Crippen LogP contribution in [0.15, 0.2) is 83.9 Å². The van der Waals surface area contributed by atoms with Crippen LogP contribution in [0.3, 0.4) is 0 Å². The normalized spacial score (nSPS) is 16.5. The number of nitrogens with one attached hydrogen (secondary N) is 2. The van der Waals surface area contributed by atoms with E-state index in [-0.39, 0.29) is 5.24 Å². The van der Waals surface area contributed by atoms with Crippen LogP contribution < -0.4 is 26.0 Å². The van der Waals surface area contributed by atoms with E-state index in [4.69, 9.17) is 10.5 Å². The molecule has 4 aromatic rings. The topological polar surface area (TPSA) is 135 Å². The molecule has 43 heavy (non-hydrogen) atoms. The standard InChI is InChI=1S/C32H31N7O3S/c33-28-11-8-23(29(37-28)22-6-9-26(10-7-22)42-25-4-2-1-3-5-25)20-34-19-21-13-16-39(17-14-21)31-35-15-12-24(36-31)18-27-30(40)38-32(41)43-27/h1-12,15,18,21,34H,13-14,16-17,19-20H2,(H2,33,37)(H,38,40,41)/b27-18+. The van der Waals surface area contributed by atoms with Crippen LogP contribution in [0.25, 0.3) is 17.3 Å². The number of anilines is 2. The van der Waals surface area contributed by atoms with Crippen molar-refractivity contribution >= 4 is 40.8 Å². The molecule has 0 radical (unpaired) electrons. The Morgan fingerprint density at radius 3 is 2.49 bits per heavy atom. The Morgan fingerprint density at radius 1 is 0.977 bits per heavy atom. The first kappa shape index (κ1) is 28.4. The van der Waals surface area contributed by atoms with Crippen LogP contribution in [0.2, 0.25) is 0 Å². The number of piperidine rings is 1. The zero-order chi connectivity index (χ0) is 29.6. The largest absolute Gasteiger partial charge is 0.457 e. The zero-order valence-electron chi connectivity index (χ0n) is 23.4. The molecule has 10 nitrogen and oxygen atoms in total. The van der Waals surface area contributed by atoms with E-state index >= 15 is 0 Å². The molecule has 2 aliphatic heterocycles. The third-order valence-corrected chi connectivity index (χ3v) is 8.15. The summed E-state index contributed by atoms with van der Waals surface area (Å²) in [4.78, 5) is 39.5. The molecule has 2 fully saturated rings. The molecule has 0 atom stereocenters. The van der Waals surface area contributed by atoms with Gasteiger partial charge < -0.3 is 20.7 Å². The molecule has 6 rings (SSSR count). The number of para-hydroxylation sites is 1. The summed E-state index contributed by atoms with van der Waals surface area (Å²) in [6.45, 7) is 3.24. The number of aromatic nitrogens is 3. The minimum absolute atomic E-state index is 0.341. The molecule has 11 heteroatoms. The Bertz CT molecular complexity index is 1640. The van der Waals surface area contributed by atoms with Crippen molar-refractivity contribution in [2.75, 3.05) is 30.3 Å². The molecule has 0 unspecified atom stereocenters. The van der Waals surface area contributed by atoms with Gasteiger partial charge in [-0.1, -0.05) is 24.3 Å². The number of benzene rings is 2. The Morgan fingerprint density at radius 2 is 1.74 bits per heavy atom. The van der Waals surface area contributed by atoms with Crippen molar-refractivity contribution in [3.63, 3.8) is 0 Å². The second-order valence-corrected chi connectivity index (χ2v) is 11.4. The Balaban J connectivity index is 1.02. The fourth-order valence-electron chi connectivity index (χ4n) is 5.10. The van der Waals surface area contributed by atoms with Crippen LogP contribution >= 0.6 is 11.8 Å². The van der Waals surface area contributed by atoms with Crippen molar-refractivity contribution < 1.29 is 14.3 Å². The monoisotopic (exact) mass is 593 g/mol. The number of carbonyl (C=O) groups is 2. The number of hydrogen-bond acceptors (Lipinski definition) is 10. The highest BCUT2D eigenvalue weighted by molar-refractivity contribution is 8.18. The summed E-state index contributed by atoms with van der Waals surface area (Å²) in [6.07, 6.45) is 5.32. The molecule has 4 N–H and O–H groups in total. The number of ether oxygens (including phenoxy) is 1. The number of nitrogens with zero attached hydrogens (tertiary/aromatic N) is 4. The summed E-state index contributed by atoms with van der Waals surface area (Å²) in [5.41, 5.74) is 9.59. The average molecular weight is 594 g/mol. The Labute approximate surface area is 253 Å². The molecule has 2 aliphatic rings. The van der Waals surface area contributed by atoms with Crippen molar-refractivity contribution in [1.29, 1.82) is 0 Å². The number of imide groups is 1. The summed E-state index contributed by atoms with van der Waals surface area (Å²) >= 11 is 0.882. The molecule has 0 spiro atoms. The second-order valence-electron chi connectivity index (χ2n) is 10.4. The van der Waals surface area contributed by atoms with E-state index in [0.29, 0.717) is 34.8 Å². The molecule has 4 heterocycles. The lowest BCUT2D eigenvalue weighted by atomic mass is 9.96. The second kappa shape index (κ2) is 13.1. The molecule has 0 aliphatic carbocycles. The first-order chi connectivity index (χ1) is 21.0. The van der Waals surface area contributed by atoms with Crippen LogP contribution in [0, 0.1) is 5.92 Å². The maximum atomic E-state index is 11.9. The van der Waals surface area contributed by atoms with E-state index in [1.54, 1.807) is 18.3 Å². The molecular formula is C32H31N7O3S. The third kappa shape index (κ3) is 7.19. The fourth-order valence-corrected chi connectivity index (χ4v) is 5.77. The number of amides is 2. The lowest BCUT2D eigenvalue weighted by molar-refractivity contribution is -0.115. The number of nitrogen functional groups attached to an aromatic ring is 1. The Kier molecular flexibility index (Phi) is 8.62. The predicted molar refractivity (Wildman–Crippen MR) is 168 cm³/mol. The highest BCUT2D eigenvalue weighted by Crippen LogP contribution is 2.29. The maximum Gasteiger partial charge on any atom is 0.290 e. The van der Waals surface area contributed by atoms with Crippen LogP contribution in [-0.4, -0.2) is 45.7 Å². The molecule has 218 valence electrons. The van der Waals surface area contributed by atoms with E-state index < -0.39 is 5.91 Å². The smallest absolute Gasteiger partial charge is 0.290 e. The zero-order valence-corrected chi connectivity index (χ0v) is 24.2. The summed E-state index contributed by atoms with van der Waals surface area (Å²) in [5.74, 6) is 2.79. The summed E-state index contributed by atoms with van der Waals surface area (Å²) in [6, 6.07) is 23.2. The summed E-state index contributed by atoms with van der Waals surface area (Å²) in [5, 5.41) is 5.52. The number of pyridine rings is 1. The van der Waals surface area contributed by atoms with Gasteiger partial charge in [0, 0.05) is 31.4 Å². The van der Waals surface area contributed by atoms with Gasteiger partial charge in [0.25, 0.3) is 11.1 Å². The van der Waals surface area contributed by atoms with Crippen LogP contribution in [0.4, 0.5) is 16.6 Å². The molecule has 2 saturated heterocycles. The molecular weight excluding hydrogens is 562 g/mol. The summed E-state index contributed by atoms with van der Waals surface area (Å²) in [7, 11) is 0. The average Bonchev–Trinajstić information content (AvgIpc) is 3.35. The third-order valence-electron chi connectivity index (χ3n) is 7.34. The van der Waals surface area contributed by atoms with Gasteiger partial charge >= 0.3 is 0 Å². The van der Waals surface area contributed by atoms with Gasteiger partial charge in [0.05, 0.1) is 16.3 Å². The van der Waals surface area contributed by atoms with E-state index in [1.807, 2.05) is 66.7 Å². The number of carbonyl (C=O) groups excluding carboxylic acids is 2. The van der Waals surface area contributed by atoms with Gasteiger partial charge in [0.1, 0.15) is 17.3 Å². The first-order valence-electron chi connectivity index (χ1n) is 14.1. The van der Waals surface area contributed by atoms with Gasteiger partial charge in [-0.05, 0) is 97.2 Å². The fraction of sp³-hybridized carbons (Fsp3) is 0.219. The first-order valence-corrected chi connectivity index (χ1v) is 14.9.